The van der Waals surface area contributed by atoms with Crippen LogP contribution in [0.1, 0.15) is 38.2 Å². The maximum absolute atomic E-state index is 13.1. The van der Waals surface area contributed by atoms with Crippen LogP contribution in [-0.2, 0) is 15.5 Å². The van der Waals surface area contributed by atoms with Crippen LogP contribution in [0.15, 0.2) is 95.9 Å². The van der Waals surface area contributed by atoms with Crippen LogP contribution in [-0.4, -0.2) is 19.0 Å². The molecule has 0 aliphatic heterocycles. The van der Waals surface area contributed by atoms with Crippen LogP contribution in [0.3, 0.4) is 0 Å². The third-order valence-corrected chi connectivity index (χ3v) is 6.65. The zero-order valence-corrected chi connectivity index (χ0v) is 21.7. The topological polar surface area (TPSA) is 47.6 Å². The first-order valence-corrected chi connectivity index (χ1v) is 12.8. The zero-order chi connectivity index (χ0) is 25.3. The molecule has 0 spiro atoms. The summed E-state index contributed by atoms with van der Waals surface area (Å²) in [6.45, 7) is 7.49. The van der Waals surface area contributed by atoms with Crippen molar-refractivity contribution < 1.29 is 13.7 Å². The van der Waals surface area contributed by atoms with Crippen LogP contribution < -0.4 is 5.32 Å². The molecule has 4 nitrogen and oxygen atoms in total. The van der Waals surface area contributed by atoms with E-state index in [-0.39, 0.29) is 5.78 Å². The predicted molar refractivity (Wildman–Crippen MR) is 148 cm³/mol. The molecule has 4 aromatic carbocycles. The Labute approximate surface area is 217 Å². The third-order valence-electron chi connectivity index (χ3n) is 5.90. The van der Waals surface area contributed by atoms with Gasteiger partial charge in [0.2, 0.25) is 0 Å². The van der Waals surface area contributed by atoms with Crippen LogP contribution >= 0.6 is 12.0 Å². The molecule has 4 rings (SSSR count). The molecule has 0 atom stereocenters. The summed E-state index contributed by atoms with van der Waals surface area (Å²) in [6.07, 6.45) is 0. The number of ether oxygens (including phenoxy) is 1. The van der Waals surface area contributed by atoms with Crippen molar-refractivity contribution in [2.24, 2.45) is 0 Å². The Morgan fingerprint density at radius 1 is 0.778 bits per heavy atom. The number of rotatable bonds is 11. The number of benzene rings is 4. The molecule has 0 bridgehead atoms. The van der Waals surface area contributed by atoms with Gasteiger partial charge in [-0.3, -0.25) is 4.79 Å². The number of ketones is 1. The number of hydrogen-bond donors (Lipinski definition) is 1. The average Bonchev–Trinajstić information content (AvgIpc) is 2.88. The van der Waals surface area contributed by atoms with Gasteiger partial charge in [-0.25, -0.2) is 0 Å². The van der Waals surface area contributed by atoms with Crippen LogP contribution in [0, 0.1) is 20.8 Å². The summed E-state index contributed by atoms with van der Waals surface area (Å²) in [5, 5.41) is 3.48. The number of nitrogens with one attached hydrogen (secondary N) is 1. The number of anilines is 2. The number of para-hydroxylation sites is 1. The Hall–Kier alpha value is -3.38. The second kappa shape index (κ2) is 12.5. The normalized spacial score (nSPS) is 10.9. The smallest absolute Gasteiger partial charge is 0.193 e. The second-order valence-electron chi connectivity index (χ2n) is 8.73. The van der Waals surface area contributed by atoms with Crippen molar-refractivity contribution in [3.63, 3.8) is 0 Å². The summed E-state index contributed by atoms with van der Waals surface area (Å²) in [5.74, 6) is 0.0497. The molecule has 184 valence electrons. The first-order chi connectivity index (χ1) is 17.5. The summed E-state index contributed by atoms with van der Waals surface area (Å²) in [6, 6.07) is 29.9. The van der Waals surface area contributed by atoms with Gasteiger partial charge in [0.05, 0.1) is 19.8 Å². The standard InChI is InChI=1S/C31H31NO3S/c1-22-12-15-27(16-13-22)36-35-19-18-34-21-25-9-5-7-11-30(25)32-26-14-17-29(24(3)20-26)31(33)28-10-6-4-8-23(28)2/h4-17,20,32H,18-19,21H2,1-3H3. The van der Waals surface area contributed by atoms with Crippen LogP contribution in [0.5, 0.6) is 0 Å². The SMILES string of the molecule is Cc1ccc(SOCCOCc2ccccc2Nc2ccc(C(=O)c3ccccc3C)c(C)c2)cc1. The monoisotopic (exact) mass is 497 g/mol. The van der Waals surface area contributed by atoms with Gasteiger partial charge in [-0.05, 0) is 68.3 Å². The van der Waals surface area contributed by atoms with Gasteiger partial charge in [-0.15, -0.1) is 0 Å². The van der Waals surface area contributed by atoms with Crippen LogP contribution in [0.2, 0.25) is 0 Å². The fraction of sp³-hybridized carbons (Fsp3) is 0.194. The molecule has 4 aromatic rings. The molecule has 1 N–H and O–H groups in total. The van der Waals surface area contributed by atoms with E-state index in [2.05, 4.69) is 36.5 Å². The van der Waals surface area contributed by atoms with Crippen molar-refractivity contribution in [2.45, 2.75) is 32.3 Å². The maximum atomic E-state index is 13.1. The van der Waals surface area contributed by atoms with E-state index in [1.165, 1.54) is 17.6 Å². The Morgan fingerprint density at radius 2 is 1.50 bits per heavy atom. The van der Waals surface area contributed by atoms with E-state index in [1.54, 1.807) is 0 Å². The molecule has 0 heterocycles. The summed E-state index contributed by atoms with van der Waals surface area (Å²) >= 11 is 1.37. The minimum atomic E-state index is 0.0497. The minimum Gasteiger partial charge on any atom is -0.374 e. The van der Waals surface area contributed by atoms with Crippen LogP contribution in [0.4, 0.5) is 11.4 Å². The van der Waals surface area contributed by atoms with E-state index in [1.807, 2.05) is 80.6 Å². The van der Waals surface area contributed by atoms with Gasteiger partial charge in [-0.1, -0.05) is 60.2 Å². The first kappa shape index (κ1) is 25.7. The summed E-state index contributed by atoms with van der Waals surface area (Å²) in [5.41, 5.74) is 7.57. The highest BCUT2D eigenvalue weighted by atomic mass is 32.2. The summed E-state index contributed by atoms with van der Waals surface area (Å²) in [4.78, 5) is 14.1. The van der Waals surface area contributed by atoms with Gasteiger partial charge in [0.15, 0.2) is 5.78 Å². The van der Waals surface area contributed by atoms with Gasteiger partial charge in [0.1, 0.15) is 0 Å². The fourth-order valence-electron chi connectivity index (χ4n) is 3.87. The third kappa shape index (κ3) is 6.85. The largest absolute Gasteiger partial charge is 0.374 e. The molecular weight excluding hydrogens is 466 g/mol. The van der Waals surface area contributed by atoms with E-state index in [0.29, 0.717) is 19.8 Å². The Bertz CT molecular complexity index is 1320. The molecule has 0 unspecified atom stereocenters. The van der Waals surface area contributed by atoms with Crippen molar-refractivity contribution in [1.82, 2.24) is 0 Å². The first-order valence-electron chi connectivity index (χ1n) is 12.0. The number of aryl methyl sites for hydroxylation is 3. The molecule has 0 saturated heterocycles. The molecule has 0 amide bonds. The summed E-state index contributed by atoms with van der Waals surface area (Å²) in [7, 11) is 0. The lowest BCUT2D eigenvalue weighted by molar-refractivity contribution is 0.0954. The van der Waals surface area contributed by atoms with Gasteiger partial charge < -0.3 is 14.2 Å². The fourth-order valence-corrected chi connectivity index (χ4v) is 4.41. The highest BCUT2D eigenvalue weighted by molar-refractivity contribution is 7.94. The minimum absolute atomic E-state index is 0.0497. The van der Waals surface area contributed by atoms with E-state index in [4.69, 9.17) is 8.92 Å². The lowest BCUT2D eigenvalue weighted by Crippen LogP contribution is -2.06. The highest BCUT2D eigenvalue weighted by Gasteiger charge is 2.14. The molecule has 0 radical (unpaired) electrons. The quantitative estimate of drug-likeness (QED) is 0.130. The zero-order valence-electron chi connectivity index (χ0n) is 20.9. The van der Waals surface area contributed by atoms with Gasteiger partial charge in [0, 0.05) is 45.0 Å². The summed E-state index contributed by atoms with van der Waals surface area (Å²) < 4.78 is 11.5. The maximum Gasteiger partial charge on any atom is 0.193 e. The Morgan fingerprint density at radius 3 is 2.28 bits per heavy atom. The molecule has 5 heteroatoms. The number of carbonyl (C=O) groups excluding carboxylic acids is 1. The van der Waals surface area contributed by atoms with E-state index in [0.717, 1.165) is 44.1 Å². The predicted octanol–water partition coefficient (Wildman–Crippen LogP) is 7.83. The molecule has 0 aliphatic carbocycles. The van der Waals surface area contributed by atoms with Crippen molar-refractivity contribution in [3.8, 4) is 0 Å². The van der Waals surface area contributed by atoms with Gasteiger partial charge in [0.25, 0.3) is 0 Å². The number of carbonyl (C=O) groups is 1. The molecule has 0 aromatic heterocycles. The van der Waals surface area contributed by atoms with E-state index < -0.39 is 0 Å². The molecule has 0 fully saturated rings. The second-order valence-corrected chi connectivity index (χ2v) is 9.60. The van der Waals surface area contributed by atoms with Crippen LogP contribution in [0.25, 0.3) is 0 Å². The molecular formula is C31H31NO3S. The Kier molecular flexibility index (Phi) is 8.95. The van der Waals surface area contributed by atoms with Crippen molar-refractivity contribution in [2.75, 3.05) is 18.5 Å². The van der Waals surface area contributed by atoms with Crippen molar-refractivity contribution in [1.29, 1.82) is 0 Å². The lowest BCUT2D eigenvalue weighted by atomic mass is 9.96. The van der Waals surface area contributed by atoms with E-state index in [9.17, 15) is 4.79 Å². The number of hydrogen-bond acceptors (Lipinski definition) is 5. The Balaban J connectivity index is 1.32. The lowest BCUT2D eigenvalue weighted by Gasteiger charge is -2.14. The van der Waals surface area contributed by atoms with Crippen molar-refractivity contribution in [3.05, 3.63) is 124 Å². The highest BCUT2D eigenvalue weighted by Crippen LogP contribution is 2.25. The average molecular weight is 498 g/mol. The van der Waals surface area contributed by atoms with Crippen molar-refractivity contribution >= 4 is 29.2 Å². The van der Waals surface area contributed by atoms with Gasteiger partial charge >= 0.3 is 0 Å². The van der Waals surface area contributed by atoms with Gasteiger partial charge in [-0.2, -0.15) is 0 Å². The molecule has 36 heavy (non-hydrogen) atoms. The molecule has 0 aliphatic rings. The van der Waals surface area contributed by atoms with E-state index >= 15 is 0 Å². The molecule has 0 saturated carbocycles.